The number of hydrazone groups is 1. The first kappa shape index (κ1) is 18.5. The topological polar surface area (TPSA) is 74.3 Å². The van der Waals surface area contributed by atoms with Crippen LogP contribution in [0, 0.1) is 23.0 Å². The molecular formula is C19H17F2N5O. The number of rotatable bonds is 6. The second kappa shape index (κ2) is 7.91. The highest BCUT2D eigenvalue weighted by molar-refractivity contribution is 5.80. The molecule has 1 aromatic carbocycles. The van der Waals surface area contributed by atoms with Gasteiger partial charge in [0.1, 0.15) is 17.7 Å². The molecule has 0 saturated heterocycles. The first-order chi connectivity index (χ1) is 13.0. The van der Waals surface area contributed by atoms with E-state index in [-0.39, 0.29) is 12.3 Å². The molecule has 1 atom stereocenters. The fourth-order valence-electron chi connectivity index (χ4n) is 2.91. The number of allylic oxidation sites excluding steroid dienone is 1. The van der Waals surface area contributed by atoms with E-state index >= 15 is 0 Å². The summed E-state index contributed by atoms with van der Waals surface area (Å²) in [7, 11) is 0. The van der Waals surface area contributed by atoms with Crippen LogP contribution in [0.1, 0.15) is 36.6 Å². The van der Waals surface area contributed by atoms with Gasteiger partial charge in [0.25, 0.3) is 0 Å². The van der Waals surface area contributed by atoms with Crippen LogP contribution < -0.4 is 0 Å². The summed E-state index contributed by atoms with van der Waals surface area (Å²) < 4.78 is 28.5. The van der Waals surface area contributed by atoms with E-state index in [4.69, 9.17) is 5.26 Å². The Morgan fingerprint density at radius 1 is 1.30 bits per heavy atom. The third kappa shape index (κ3) is 4.44. The Balaban J connectivity index is 1.58. The predicted molar refractivity (Wildman–Crippen MR) is 94.4 cm³/mol. The van der Waals surface area contributed by atoms with Gasteiger partial charge in [0.2, 0.25) is 5.91 Å². The zero-order valence-electron chi connectivity index (χ0n) is 14.5. The average Bonchev–Trinajstić information content (AvgIpc) is 3.28. The van der Waals surface area contributed by atoms with Crippen LogP contribution in [0.15, 0.2) is 47.7 Å². The van der Waals surface area contributed by atoms with E-state index in [1.807, 2.05) is 6.07 Å². The highest BCUT2D eigenvalue weighted by atomic mass is 19.1. The van der Waals surface area contributed by atoms with Gasteiger partial charge in [-0.1, -0.05) is 12.2 Å². The van der Waals surface area contributed by atoms with E-state index in [0.29, 0.717) is 30.6 Å². The zero-order chi connectivity index (χ0) is 19.4. The van der Waals surface area contributed by atoms with Gasteiger partial charge in [-0.2, -0.15) is 15.5 Å². The minimum absolute atomic E-state index is 0.164. The highest BCUT2D eigenvalue weighted by Gasteiger charge is 2.28. The summed E-state index contributed by atoms with van der Waals surface area (Å²) in [6.07, 6.45) is 4.21. The molecule has 1 aliphatic rings. The van der Waals surface area contributed by atoms with Crippen molar-refractivity contribution in [3.8, 4) is 6.07 Å². The number of carbonyl (C=O) groups is 1. The molecule has 0 fully saturated rings. The van der Waals surface area contributed by atoms with Crippen LogP contribution in [0.5, 0.6) is 0 Å². The number of hydrogen-bond acceptors (Lipinski definition) is 4. The number of aromatic nitrogens is 2. The number of halogens is 2. The Hall–Kier alpha value is -3.34. The molecule has 3 rings (SSSR count). The quantitative estimate of drug-likeness (QED) is 0.733. The van der Waals surface area contributed by atoms with Crippen molar-refractivity contribution in [1.29, 1.82) is 5.26 Å². The molecule has 1 amide bonds. The zero-order valence-corrected chi connectivity index (χ0v) is 14.5. The Kier molecular flexibility index (Phi) is 5.41. The number of amides is 1. The SMILES string of the molecule is C=C(CCC(=O)N1N=CCC1c1cc(F)cc(F)c1)Cn1ccc(C#N)n1. The van der Waals surface area contributed by atoms with Crippen LogP contribution in [0.4, 0.5) is 8.78 Å². The Morgan fingerprint density at radius 3 is 2.70 bits per heavy atom. The molecule has 2 aromatic rings. The summed E-state index contributed by atoms with van der Waals surface area (Å²) in [6, 6.07) is 6.25. The van der Waals surface area contributed by atoms with Crippen molar-refractivity contribution in [1.82, 2.24) is 14.8 Å². The summed E-state index contributed by atoms with van der Waals surface area (Å²) in [5, 5.41) is 18.1. The molecule has 8 heteroatoms. The predicted octanol–water partition coefficient (Wildman–Crippen LogP) is 3.33. The highest BCUT2D eigenvalue weighted by Crippen LogP contribution is 2.30. The molecule has 0 aliphatic carbocycles. The van der Waals surface area contributed by atoms with E-state index in [9.17, 15) is 13.6 Å². The molecule has 0 saturated carbocycles. The van der Waals surface area contributed by atoms with Gasteiger partial charge in [-0.3, -0.25) is 9.48 Å². The van der Waals surface area contributed by atoms with E-state index < -0.39 is 17.7 Å². The fourth-order valence-corrected chi connectivity index (χ4v) is 2.91. The van der Waals surface area contributed by atoms with Gasteiger partial charge < -0.3 is 0 Å². The van der Waals surface area contributed by atoms with Crippen LogP contribution in [-0.2, 0) is 11.3 Å². The summed E-state index contributed by atoms with van der Waals surface area (Å²) >= 11 is 0. The van der Waals surface area contributed by atoms with Crippen LogP contribution in [0.25, 0.3) is 0 Å². The van der Waals surface area contributed by atoms with Crippen molar-refractivity contribution >= 4 is 12.1 Å². The number of benzene rings is 1. The van der Waals surface area contributed by atoms with Crippen molar-refractivity contribution in [2.75, 3.05) is 0 Å². The minimum Gasteiger partial charge on any atom is -0.273 e. The second-order valence-corrected chi connectivity index (χ2v) is 6.25. The van der Waals surface area contributed by atoms with Gasteiger partial charge in [0.15, 0.2) is 5.69 Å². The monoisotopic (exact) mass is 369 g/mol. The molecule has 0 radical (unpaired) electrons. The third-order valence-corrected chi connectivity index (χ3v) is 4.19. The van der Waals surface area contributed by atoms with E-state index in [1.165, 1.54) is 17.1 Å². The van der Waals surface area contributed by atoms with Crippen LogP contribution >= 0.6 is 0 Å². The lowest BCUT2D eigenvalue weighted by molar-refractivity contribution is -0.133. The number of hydrogen-bond donors (Lipinski definition) is 0. The van der Waals surface area contributed by atoms with Gasteiger partial charge in [-0.15, -0.1) is 0 Å². The van der Waals surface area contributed by atoms with Crippen molar-refractivity contribution < 1.29 is 13.6 Å². The van der Waals surface area contributed by atoms with Crippen LogP contribution in [0.3, 0.4) is 0 Å². The van der Waals surface area contributed by atoms with E-state index in [2.05, 4.69) is 16.8 Å². The molecule has 1 unspecified atom stereocenters. The number of nitrogens with zero attached hydrogens (tertiary/aromatic N) is 5. The third-order valence-electron chi connectivity index (χ3n) is 4.19. The maximum absolute atomic E-state index is 13.5. The Morgan fingerprint density at radius 2 is 2.04 bits per heavy atom. The second-order valence-electron chi connectivity index (χ2n) is 6.25. The summed E-state index contributed by atoms with van der Waals surface area (Å²) in [6.45, 7) is 4.33. The maximum atomic E-state index is 13.5. The molecule has 0 N–H and O–H groups in total. The molecule has 2 heterocycles. The van der Waals surface area contributed by atoms with Gasteiger partial charge >= 0.3 is 0 Å². The van der Waals surface area contributed by atoms with Gasteiger partial charge in [0, 0.05) is 31.3 Å². The summed E-state index contributed by atoms with van der Waals surface area (Å²) in [5.74, 6) is -1.62. The lowest BCUT2D eigenvalue weighted by Crippen LogP contribution is -2.27. The molecule has 1 aromatic heterocycles. The standard InChI is InChI=1S/C19H17F2N5O/c1-13(12-25-7-5-17(11-22)24-25)2-3-19(27)26-18(4-6-23-26)14-8-15(20)10-16(21)9-14/h5-10,18H,1-4,12H2. The van der Waals surface area contributed by atoms with Crippen molar-refractivity contribution in [3.05, 3.63) is 65.5 Å². The van der Waals surface area contributed by atoms with Gasteiger partial charge in [-0.25, -0.2) is 13.8 Å². The lowest BCUT2D eigenvalue weighted by atomic mass is 10.0. The molecule has 1 aliphatic heterocycles. The first-order valence-electron chi connectivity index (χ1n) is 8.37. The smallest absolute Gasteiger partial charge is 0.243 e. The van der Waals surface area contributed by atoms with Crippen molar-refractivity contribution in [2.45, 2.75) is 31.8 Å². The largest absolute Gasteiger partial charge is 0.273 e. The molecule has 0 bridgehead atoms. The van der Waals surface area contributed by atoms with Crippen molar-refractivity contribution in [2.24, 2.45) is 5.10 Å². The van der Waals surface area contributed by atoms with E-state index in [0.717, 1.165) is 11.6 Å². The molecule has 6 nitrogen and oxygen atoms in total. The van der Waals surface area contributed by atoms with Gasteiger partial charge in [-0.05, 0) is 30.2 Å². The van der Waals surface area contributed by atoms with Crippen molar-refractivity contribution in [3.63, 3.8) is 0 Å². The summed E-state index contributed by atoms with van der Waals surface area (Å²) in [4.78, 5) is 12.5. The molecule has 27 heavy (non-hydrogen) atoms. The first-order valence-corrected chi connectivity index (χ1v) is 8.37. The molecule has 138 valence electrons. The molecular weight excluding hydrogens is 352 g/mol. The van der Waals surface area contributed by atoms with Gasteiger partial charge in [0.05, 0.1) is 12.6 Å². The van der Waals surface area contributed by atoms with E-state index in [1.54, 1.807) is 23.2 Å². The number of nitriles is 1. The van der Waals surface area contributed by atoms with Crippen LogP contribution in [-0.4, -0.2) is 26.9 Å². The fraction of sp³-hybridized carbons (Fsp3) is 0.263. The normalized spacial score (nSPS) is 15.7. The maximum Gasteiger partial charge on any atom is 0.243 e. The summed E-state index contributed by atoms with van der Waals surface area (Å²) in [5.41, 5.74) is 1.46. The average molecular weight is 369 g/mol. The minimum atomic E-state index is -0.686. The number of carbonyl (C=O) groups excluding carboxylic acids is 1. The molecule has 0 spiro atoms. The van der Waals surface area contributed by atoms with Crippen LogP contribution in [0.2, 0.25) is 0 Å². The Bertz CT molecular complexity index is 924. The lowest BCUT2D eigenvalue weighted by Gasteiger charge is -2.22. The Labute approximate surface area is 155 Å².